The Balaban J connectivity index is 2.79. The molecule has 13 heavy (non-hydrogen) atoms. The van der Waals surface area contributed by atoms with Crippen LogP contribution in [0.25, 0.3) is 0 Å². The molecule has 0 aromatic rings. The van der Waals surface area contributed by atoms with Crippen LogP contribution in [-0.4, -0.2) is 64.8 Å². The van der Waals surface area contributed by atoms with Crippen LogP contribution < -0.4 is 0 Å². The number of rotatable bonds is 3. The van der Waals surface area contributed by atoms with Crippen molar-refractivity contribution >= 4 is 0 Å². The minimum absolute atomic E-state index is 0.441. The number of aliphatic hydroxyl groups is 4. The molecule has 4 atom stereocenters. The van der Waals surface area contributed by atoms with Crippen LogP contribution in [0.2, 0.25) is 0 Å². The molecule has 1 fully saturated rings. The standard InChI is InChI=1S/C7H14O6/c1-12-7(3-9)6(11)5(10)4(2-8)13-7/h4-6,8-11H,2-3H2,1H3/t4-,5?,6-,7-/m1/s1. The van der Waals surface area contributed by atoms with Crippen molar-refractivity contribution in [2.24, 2.45) is 0 Å². The van der Waals surface area contributed by atoms with Gasteiger partial charge in [-0.25, -0.2) is 0 Å². The van der Waals surface area contributed by atoms with Gasteiger partial charge in [0.05, 0.1) is 6.61 Å². The fraction of sp³-hybridized carbons (Fsp3) is 1.00. The highest BCUT2D eigenvalue weighted by atomic mass is 16.7. The first-order valence-corrected chi connectivity index (χ1v) is 3.92. The molecule has 0 amide bonds. The van der Waals surface area contributed by atoms with E-state index in [-0.39, 0.29) is 0 Å². The number of ether oxygens (including phenoxy) is 2. The number of hydrogen-bond acceptors (Lipinski definition) is 6. The maximum atomic E-state index is 9.44. The van der Waals surface area contributed by atoms with Crippen molar-refractivity contribution in [3.05, 3.63) is 0 Å². The Bertz CT molecular complexity index is 168. The first-order chi connectivity index (χ1) is 6.11. The summed E-state index contributed by atoms with van der Waals surface area (Å²) in [6.45, 7) is -1.03. The van der Waals surface area contributed by atoms with E-state index in [1.54, 1.807) is 0 Å². The zero-order valence-electron chi connectivity index (χ0n) is 7.25. The van der Waals surface area contributed by atoms with Gasteiger partial charge in [-0.3, -0.25) is 0 Å². The van der Waals surface area contributed by atoms with Gasteiger partial charge in [0.25, 0.3) is 0 Å². The topological polar surface area (TPSA) is 99.4 Å². The van der Waals surface area contributed by atoms with E-state index in [9.17, 15) is 10.2 Å². The van der Waals surface area contributed by atoms with Crippen LogP contribution in [-0.2, 0) is 9.47 Å². The fourth-order valence-corrected chi connectivity index (χ4v) is 1.37. The van der Waals surface area contributed by atoms with Gasteiger partial charge in [0, 0.05) is 7.11 Å². The Kier molecular flexibility index (Phi) is 3.23. The molecule has 0 spiro atoms. The molecule has 4 N–H and O–H groups in total. The van der Waals surface area contributed by atoms with Gasteiger partial charge in [-0.2, -0.15) is 0 Å². The van der Waals surface area contributed by atoms with E-state index in [0.717, 1.165) is 0 Å². The van der Waals surface area contributed by atoms with Gasteiger partial charge < -0.3 is 29.9 Å². The van der Waals surface area contributed by atoms with Gasteiger partial charge in [0.1, 0.15) is 24.9 Å². The zero-order chi connectivity index (χ0) is 10.1. The molecule has 0 radical (unpaired) electrons. The van der Waals surface area contributed by atoms with Gasteiger partial charge in [0.2, 0.25) is 5.79 Å². The molecule has 0 bridgehead atoms. The Morgan fingerprint density at radius 2 is 2.00 bits per heavy atom. The molecule has 6 nitrogen and oxygen atoms in total. The van der Waals surface area contributed by atoms with Gasteiger partial charge in [0.15, 0.2) is 0 Å². The number of hydrogen-bond donors (Lipinski definition) is 4. The number of aliphatic hydroxyl groups excluding tert-OH is 4. The van der Waals surface area contributed by atoms with E-state index < -0.39 is 37.3 Å². The normalized spacial score (nSPS) is 45.5. The Labute approximate surface area is 75.3 Å². The van der Waals surface area contributed by atoms with E-state index in [1.807, 2.05) is 0 Å². The summed E-state index contributed by atoms with van der Waals surface area (Å²) in [6.07, 6.45) is -3.54. The van der Waals surface area contributed by atoms with Gasteiger partial charge in [-0.05, 0) is 0 Å². The molecule has 1 saturated heterocycles. The van der Waals surface area contributed by atoms with Crippen molar-refractivity contribution in [3.63, 3.8) is 0 Å². The lowest BCUT2D eigenvalue weighted by molar-refractivity contribution is -0.263. The molecule has 1 aliphatic heterocycles. The smallest absolute Gasteiger partial charge is 0.221 e. The second-order valence-electron chi connectivity index (χ2n) is 2.95. The molecule has 0 saturated carbocycles. The van der Waals surface area contributed by atoms with Crippen molar-refractivity contribution in [1.29, 1.82) is 0 Å². The van der Waals surface area contributed by atoms with Crippen LogP contribution in [0.4, 0.5) is 0 Å². The van der Waals surface area contributed by atoms with E-state index in [4.69, 9.17) is 19.7 Å². The highest BCUT2D eigenvalue weighted by Gasteiger charge is 2.54. The van der Waals surface area contributed by atoms with E-state index in [1.165, 1.54) is 7.11 Å². The van der Waals surface area contributed by atoms with Crippen molar-refractivity contribution in [2.75, 3.05) is 20.3 Å². The molecule has 1 unspecified atom stereocenters. The minimum Gasteiger partial charge on any atom is -0.394 e. The Morgan fingerprint density at radius 3 is 2.23 bits per heavy atom. The molecular formula is C7H14O6. The maximum Gasteiger partial charge on any atom is 0.221 e. The molecule has 0 aromatic heterocycles. The Hall–Kier alpha value is -0.240. The van der Waals surface area contributed by atoms with E-state index >= 15 is 0 Å². The fourth-order valence-electron chi connectivity index (χ4n) is 1.37. The lowest BCUT2D eigenvalue weighted by Gasteiger charge is -2.27. The SMILES string of the molecule is CO[C@]1(CO)O[C@H](CO)C(O)[C@H]1O. The highest BCUT2D eigenvalue weighted by molar-refractivity contribution is 4.95. The molecule has 1 heterocycles. The lowest BCUT2D eigenvalue weighted by Crippen LogP contribution is -2.47. The van der Waals surface area contributed by atoms with Crippen LogP contribution in [0.15, 0.2) is 0 Å². The average Bonchev–Trinajstić information content (AvgIpc) is 2.42. The van der Waals surface area contributed by atoms with Gasteiger partial charge in [-0.15, -0.1) is 0 Å². The summed E-state index contributed by atoms with van der Waals surface area (Å²) >= 11 is 0. The van der Waals surface area contributed by atoms with Crippen molar-refractivity contribution in [1.82, 2.24) is 0 Å². The monoisotopic (exact) mass is 194 g/mol. The maximum absolute atomic E-state index is 9.44. The minimum atomic E-state index is -1.62. The quantitative estimate of drug-likeness (QED) is 0.394. The molecule has 0 aromatic carbocycles. The third-order valence-corrected chi connectivity index (χ3v) is 2.25. The highest BCUT2D eigenvalue weighted by Crippen LogP contribution is 2.31. The first-order valence-electron chi connectivity index (χ1n) is 3.92. The molecular weight excluding hydrogens is 180 g/mol. The average molecular weight is 194 g/mol. The predicted molar refractivity (Wildman–Crippen MR) is 40.8 cm³/mol. The second kappa shape index (κ2) is 3.87. The first kappa shape index (κ1) is 10.8. The summed E-state index contributed by atoms with van der Waals surface area (Å²) in [6, 6.07) is 0. The van der Waals surface area contributed by atoms with Crippen LogP contribution in [0.1, 0.15) is 0 Å². The van der Waals surface area contributed by atoms with Crippen molar-refractivity contribution in [3.8, 4) is 0 Å². The van der Waals surface area contributed by atoms with Crippen molar-refractivity contribution < 1.29 is 29.9 Å². The summed E-state index contributed by atoms with van der Waals surface area (Å²) < 4.78 is 9.77. The second-order valence-corrected chi connectivity index (χ2v) is 2.95. The summed E-state index contributed by atoms with van der Waals surface area (Å²) in [5, 5.41) is 36.4. The van der Waals surface area contributed by atoms with E-state index in [0.29, 0.717) is 0 Å². The summed E-state index contributed by atoms with van der Waals surface area (Å²) in [5.41, 5.74) is 0. The lowest BCUT2D eigenvalue weighted by atomic mass is 10.1. The molecule has 0 aliphatic carbocycles. The van der Waals surface area contributed by atoms with Crippen LogP contribution >= 0.6 is 0 Å². The summed E-state index contributed by atoms with van der Waals surface area (Å²) in [4.78, 5) is 0. The summed E-state index contributed by atoms with van der Waals surface area (Å²) in [5.74, 6) is -1.62. The van der Waals surface area contributed by atoms with Crippen LogP contribution in [0.3, 0.4) is 0 Å². The molecule has 1 aliphatic rings. The third-order valence-electron chi connectivity index (χ3n) is 2.25. The molecule has 1 rings (SSSR count). The van der Waals surface area contributed by atoms with Crippen LogP contribution in [0.5, 0.6) is 0 Å². The molecule has 78 valence electrons. The van der Waals surface area contributed by atoms with Crippen LogP contribution in [0, 0.1) is 0 Å². The van der Waals surface area contributed by atoms with Gasteiger partial charge in [-0.1, -0.05) is 0 Å². The third kappa shape index (κ3) is 1.56. The van der Waals surface area contributed by atoms with Crippen molar-refractivity contribution in [2.45, 2.75) is 24.1 Å². The van der Waals surface area contributed by atoms with Gasteiger partial charge >= 0.3 is 0 Å². The summed E-state index contributed by atoms with van der Waals surface area (Å²) in [7, 11) is 1.24. The predicted octanol–water partition coefficient (Wildman–Crippen LogP) is -2.57. The number of methoxy groups -OCH3 is 1. The zero-order valence-corrected chi connectivity index (χ0v) is 7.25. The largest absolute Gasteiger partial charge is 0.394 e. The Morgan fingerprint density at radius 1 is 1.38 bits per heavy atom. The van der Waals surface area contributed by atoms with E-state index in [2.05, 4.69) is 0 Å². The molecule has 6 heteroatoms.